The fourth-order valence-corrected chi connectivity index (χ4v) is 6.89. The van der Waals surface area contributed by atoms with Crippen molar-refractivity contribution in [3.05, 3.63) is 83.2 Å². The number of hydrogen-bond donors (Lipinski definition) is 0. The quantitative estimate of drug-likeness (QED) is 0.259. The molecule has 0 radical (unpaired) electrons. The van der Waals surface area contributed by atoms with Crippen molar-refractivity contribution in [3.8, 4) is 16.3 Å². The maximum Gasteiger partial charge on any atom is 0.222 e. The molecule has 0 atom stereocenters. The number of nitrogens with zero attached hydrogens (tertiary/aromatic N) is 4. The number of piperidine rings is 1. The number of ether oxygens (including phenoxy) is 1. The van der Waals surface area contributed by atoms with Crippen LogP contribution in [0, 0.1) is 5.82 Å². The average molecular weight is 593 g/mol. The van der Waals surface area contributed by atoms with E-state index in [1.807, 2.05) is 42.5 Å². The maximum atomic E-state index is 14.9. The van der Waals surface area contributed by atoms with Gasteiger partial charge in [-0.05, 0) is 55.2 Å². The van der Waals surface area contributed by atoms with E-state index in [0.717, 1.165) is 59.1 Å². The van der Waals surface area contributed by atoms with Gasteiger partial charge in [-0.1, -0.05) is 30.3 Å². The van der Waals surface area contributed by atoms with Gasteiger partial charge in [0, 0.05) is 30.8 Å². The molecule has 2 aliphatic heterocycles. The molecule has 1 fully saturated rings. The van der Waals surface area contributed by atoms with E-state index in [2.05, 4.69) is 14.9 Å². The number of benzene rings is 2. The van der Waals surface area contributed by atoms with Gasteiger partial charge < -0.3 is 9.64 Å². The number of anilines is 2. The molecule has 4 heterocycles. The Balaban J connectivity index is 1.07. The Morgan fingerprint density at radius 2 is 1.83 bits per heavy atom. The summed E-state index contributed by atoms with van der Waals surface area (Å²) in [7, 11) is -3.51. The van der Waals surface area contributed by atoms with Crippen molar-refractivity contribution < 1.29 is 22.3 Å². The minimum absolute atomic E-state index is 0.0494. The Morgan fingerprint density at radius 3 is 2.56 bits per heavy atom. The van der Waals surface area contributed by atoms with E-state index in [4.69, 9.17) is 4.74 Å². The SMILES string of the molecule is CS(=O)(=O)c1ccc(N2CCc3c(OC4CCN(CC(=O)c5ccc(-c6ccccc6)s5)CC4)ncnc32)c(F)c1. The predicted molar refractivity (Wildman–Crippen MR) is 156 cm³/mol. The number of thiophene rings is 1. The minimum Gasteiger partial charge on any atom is -0.474 e. The minimum atomic E-state index is -3.51. The molecule has 0 aliphatic carbocycles. The number of carbonyl (C=O) groups excluding carboxylic acids is 1. The largest absolute Gasteiger partial charge is 0.474 e. The molecule has 0 bridgehead atoms. The maximum absolute atomic E-state index is 14.9. The summed E-state index contributed by atoms with van der Waals surface area (Å²) in [5.41, 5.74) is 2.19. The van der Waals surface area contributed by atoms with Gasteiger partial charge in [-0.15, -0.1) is 11.3 Å². The fraction of sp³-hybridized carbons (Fsp3) is 0.300. The van der Waals surface area contributed by atoms with E-state index in [1.54, 1.807) is 4.90 Å². The van der Waals surface area contributed by atoms with Gasteiger partial charge >= 0.3 is 0 Å². The molecule has 2 aromatic carbocycles. The van der Waals surface area contributed by atoms with Crippen LogP contribution in [0.1, 0.15) is 28.1 Å². The van der Waals surface area contributed by atoms with Crippen LogP contribution in [0.2, 0.25) is 0 Å². The monoisotopic (exact) mass is 592 g/mol. The molecular formula is C30H29FN4O4S2. The zero-order valence-electron chi connectivity index (χ0n) is 22.5. The van der Waals surface area contributed by atoms with Crippen LogP contribution in [0.3, 0.4) is 0 Å². The van der Waals surface area contributed by atoms with Crippen LogP contribution in [0.5, 0.6) is 5.88 Å². The standard InChI is InChI=1S/C30H29FN4O4S2/c1-41(37,38)22-7-8-25(24(31)17-22)35-16-13-23-29(35)32-19-33-30(23)39-21-11-14-34(15-12-21)18-26(36)28-10-9-27(40-28)20-5-3-2-4-6-20/h2-10,17,19,21H,11-16,18H2,1H3. The number of halogens is 1. The first kappa shape index (κ1) is 27.5. The van der Waals surface area contributed by atoms with Crippen molar-refractivity contribution in [3.63, 3.8) is 0 Å². The van der Waals surface area contributed by atoms with Crippen LogP contribution < -0.4 is 9.64 Å². The van der Waals surface area contributed by atoms with E-state index in [-0.39, 0.29) is 22.5 Å². The number of rotatable bonds is 8. The topological polar surface area (TPSA) is 92.7 Å². The summed E-state index contributed by atoms with van der Waals surface area (Å²) in [5.74, 6) is 0.562. The molecule has 0 spiro atoms. The summed E-state index contributed by atoms with van der Waals surface area (Å²) in [5, 5.41) is 0. The van der Waals surface area contributed by atoms with E-state index in [1.165, 1.54) is 29.8 Å². The molecule has 0 saturated carbocycles. The molecule has 2 aliphatic rings. The zero-order valence-corrected chi connectivity index (χ0v) is 24.1. The number of fused-ring (bicyclic) bond motifs is 1. The predicted octanol–water partition coefficient (Wildman–Crippen LogP) is 5.17. The van der Waals surface area contributed by atoms with Gasteiger partial charge in [-0.2, -0.15) is 0 Å². The number of likely N-dealkylation sites (tertiary alicyclic amines) is 1. The Kier molecular flexibility index (Phi) is 7.58. The molecular weight excluding hydrogens is 563 g/mol. The number of ketones is 1. The number of hydrogen-bond acceptors (Lipinski definition) is 9. The average Bonchev–Trinajstić information content (AvgIpc) is 3.63. The molecule has 0 N–H and O–H groups in total. The number of aromatic nitrogens is 2. The van der Waals surface area contributed by atoms with E-state index >= 15 is 0 Å². The summed E-state index contributed by atoms with van der Waals surface area (Å²) in [6, 6.07) is 17.9. The first-order valence-electron chi connectivity index (χ1n) is 13.4. The molecule has 8 nitrogen and oxygen atoms in total. The van der Waals surface area contributed by atoms with Gasteiger partial charge in [0.15, 0.2) is 15.6 Å². The molecule has 1 saturated heterocycles. The van der Waals surface area contributed by atoms with Crippen molar-refractivity contribution in [2.45, 2.75) is 30.3 Å². The van der Waals surface area contributed by atoms with Gasteiger partial charge in [0.25, 0.3) is 0 Å². The van der Waals surface area contributed by atoms with Crippen molar-refractivity contribution in [1.29, 1.82) is 0 Å². The molecule has 0 amide bonds. The Hall–Kier alpha value is -3.67. The molecule has 41 heavy (non-hydrogen) atoms. The van der Waals surface area contributed by atoms with Gasteiger partial charge in [0.05, 0.1) is 27.6 Å². The summed E-state index contributed by atoms with van der Waals surface area (Å²) < 4.78 is 44.8. The second-order valence-corrected chi connectivity index (χ2v) is 13.4. The summed E-state index contributed by atoms with van der Waals surface area (Å²) >= 11 is 1.53. The summed E-state index contributed by atoms with van der Waals surface area (Å²) in [6.45, 7) is 2.34. The zero-order chi connectivity index (χ0) is 28.6. The van der Waals surface area contributed by atoms with Crippen molar-refractivity contribution in [1.82, 2.24) is 14.9 Å². The van der Waals surface area contributed by atoms with Crippen LogP contribution in [0.4, 0.5) is 15.9 Å². The number of Topliss-reactive ketones (excluding diaryl/α,β-unsaturated/α-hetero) is 1. The van der Waals surface area contributed by atoms with Gasteiger partial charge in [-0.25, -0.2) is 22.8 Å². The van der Waals surface area contributed by atoms with E-state index in [9.17, 15) is 17.6 Å². The number of carbonyl (C=O) groups is 1. The van der Waals surface area contributed by atoms with Gasteiger partial charge in [0.2, 0.25) is 5.88 Å². The van der Waals surface area contributed by atoms with Crippen LogP contribution in [0.15, 0.2) is 71.9 Å². The van der Waals surface area contributed by atoms with E-state index in [0.29, 0.717) is 31.2 Å². The summed E-state index contributed by atoms with van der Waals surface area (Å²) in [6.07, 6.45) is 4.52. The molecule has 11 heteroatoms. The normalized spacial score (nSPS) is 16.1. The highest BCUT2D eigenvalue weighted by molar-refractivity contribution is 7.90. The van der Waals surface area contributed by atoms with E-state index < -0.39 is 15.7 Å². The van der Waals surface area contributed by atoms with Gasteiger partial charge in [-0.3, -0.25) is 9.69 Å². The highest BCUT2D eigenvalue weighted by atomic mass is 32.2. The van der Waals surface area contributed by atoms with Crippen LogP contribution in [-0.4, -0.2) is 67.6 Å². The fourth-order valence-electron chi connectivity index (χ4n) is 5.31. The smallest absolute Gasteiger partial charge is 0.222 e. The lowest BCUT2D eigenvalue weighted by molar-refractivity contribution is 0.0778. The van der Waals surface area contributed by atoms with Crippen molar-refractivity contribution in [2.24, 2.45) is 0 Å². The molecule has 212 valence electrons. The third-order valence-corrected chi connectivity index (χ3v) is 9.77. The van der Waals surface area contributed by atoms with Crippen LogP contribution >= 0.6 is 11.3 Å². The molecule has 2 aromatic heterocycles. The van der Waals surface area contributed by atoms with Crippen molar-refractivity contribution in [2.75, 3.05) is 37.3 Å². The highest BCUT2D eigenvalue weighted by Gasteiger charge is 2.30. The third-order valence-electron chi connectivity index (χ3n) is 7.48. The second-order valence-electron chi connectivity index (χ2n) is 10.3. The lowest BCUT2D eigenvalue weighted by Gasteiger charge is -2.31. The Labute approximate surface area is 242 Å². The van der Waals surface area contributed by atoms with Crippen LogP contribution in [0.25, 0.3) is 10.4 Å². The second kappa shape index (κ2) is 11.3. The highest BCUT2D eigenvalue weighted by Crippen LogP contribution is 2.38. The Morgan fingerprint density at radius 1 is 1.05 bits per heavy atom. The lowest BCUT2D eigenvalue weighted by atomic mass is 10.1. The molecule has 6 rings (SSSR count). The van der Waals surface area contributed by atoms with Crippen molar-refractivity contribution >= 4 is 38.5 Å². The first-order valence-corrected chi connectivity index (χ1v) is 16.2. The Bertz CT molecular complexity index is 1690. The number of sulfone groups is 1. The first-order chi connectivity index (χ1) is 19.8. The third kappa shape index (κ3) is 5.88. The molecule has 4 aromatic rings. The molecule has 0 unspecified atom stereocenters. The van der Waals surface area contributed by atoms with Gasteiger partial charge in [0.1, 0.15) is 24.1 Å². The summed E-state index contributed by atoms with van der Waals surface area (Å²) in [4.78, 5) is 27.4. The lowest BCUT2D eigenvalue weighted by Crippen LogP contribution is -2.40. The van der Waals surface area contributed by atoms with Crippen LogP contribution in [-0.2, 0) is 16.3 Å².